The summed E-state index contributed by atoms with van der Waals surface area (Å²) in [6.45, 7) is 1.89. The molecule has 7 heteroatoms. The first-order valence-corrected chi connectivity index (χ1v) is 10.9. The molecule has 2 heterocycles. The summed E-state index contributed by atoms with van der Waals surface area (Å²) in [4.78, 5) is 23.6. The number of ether oxygens (including phenoxy) is 1. The molecule has 4 aliphatic rings. The van der Waals surface area contributed by atoms with Crippen molar-refractivity contribution < 1.29 is 9.53 Å². The highest BCUT2D eigenvalue weighted by atomic mass is 32.2. The van der Waals surface area contributed by atoms with E-state index in [4.69, 9.17) is 4.74 Å². The second kappa shape index (κ2) is 7.92. The Kier molecular flexibility index (Phi) is 5.62. The van der Waals surface area contributed by atoms with Gasteiger partial charge in [-0.3, -0.25) is 10.1 Å². The van der Waals surface area contributed by atoms with Crippen LogP contribution in [0.5, 0.6) is 0 Å². The number of rotatable bonds is 4. The lowest BCUT2D eigenvalue weighted by Crippen LogP contribution is -2.49. The number of hydrogen-bond donors (Lipinski definition) is 2. The van der Waals surface area contributed by atoms with E-state index in [1.54, 1.807) is 11.8 Å². The SMILES string of the molecule is O=NC1CCCCC1C(=O)NC1NC(C2CCC3COCC3C2)CS1. The maximum Gasteiger partial charge on any atom is 0.227 e. The molecule has 2 aliphatic heterocycles. The van der Waals surface area contributed by atoms with E-state index >= 15 is 0 Å². The lowest BCUT2D eigenvalue weighted by atomic mass is 9.73. The molecule has 7 unspecified atom stereocenters. The van der Waals surface area contributed by atoms with Gasteiger partial charge < -0.3 is 10.1 Å². The van der Waals surface area contributed by atoms with Gasteiger partial charge in [0, 0.05) is 25.0 Å². The number of nitrogens with one attached hydrogen (secondary N) is 2. The maximum absolute atomic E-state index is 12.6. The zero-order valence-electron chi connectivity index (χ0n) is 14.7. The van der Waals surface area contributed by atoms with Gasteiger partial charge in [-0.05, 0) is 49.9 Å². The molecular formula is C18H29N3O3S. The van der Waals surface area contributed by atoms with Gasteiger partial charge in [0.2, 0.25) is 5.91 Å². The van der Waals surface area contributed by atoms with Crippen molar-refractivity contribution >= 4 is 17.7 Å². The van der Waals surface area contributed by atoms with E-state index in [1.165, 1.54) is 19.3 Å². The number of amides is 1. The van der Waals surface area contributed by atoms with Crippen molar-refractivity contribution in [3.8, 4) is 0 Å². The Balaban J connectivity index is 1.27. The highest BCUT2D eigenvalue weighted by Gasteiger charge is 2.40. The van der Waals surface area contributed by atoms with E-state index in [9.17, 15) is 9.70 Å². The minimum absolute atomic E-state index is 0.00264. The molecule has 2 aliphatic carbocycles. The first kappa shape index (κ1) is 17.7. The van der Waals surface area contributed by atoms with E-state index in [2.05, 4.69) is 15.8 Å². The van der Waals surface area contributed by atoms with Crippen molar-refractivity contribution in [1.82, 2.24) is 10.6 Å². The Morgan fingerprint density at radius 2 is 1.88 bits per heavy atom. The minimum Gasteiger partial charge on any atom is -0.381 e. The number of nitrogens with zero attached hydrogens (tertiary/aromatic N) is 1. The molecule has 1 amide bonds. The summed E-state index contributed by atoms with van der Waals surface area (Å²) >= 11 is 1.79. The maximum atomic E-state index is 12.6. The van der Waals surface area contributed by atoms with Gasteiger partial charge >= 0.3 is 0 Å². The number of nitroso groups, excluding NO2 is 1. The van der Waals surface area contributed by atoms with Crippen molar-refractivity contribution in [3.63, 3.8) is 0 Å². The van der Waals surface area contributed by atoms with Crippen LogP contribution in [-0.4, -0.2) is 42.5 Å². The molecule has 140 valence electrons. The molecule has 0 spiro atoms. The zero-order chi connectivity index (χ0) is 17.2. The molecule has 0 aromatic carbocycles. The third-order valence-corrected chi connectivity index (χ3v) is 7.84. The Labute approximate surface area is 153 Å². The van der Waals surface area contributed by atoms with Crippen LogP contribution >= 0.6 is 11.8 Å². The van der Waals surface area contributed by atoms with Crippen LogP contribution in [0.2, 0.25) is 0 Å². The summed E-state index contributed by atoms with van der Waals surface area (Å²) in [6, 6.07) is 0.136. The lowest BCUT2D eigenvalue weighted by Gasteiger charge is -2.34. The predicted molar refractivity (Wildman–Crippen MR) is 98.0 cm³/mol. The molecule has 2 N–H and O–H groups in total. The second-order valence-electron chi connectivity index (χ2n) is 8.19. The topological polar surface area (TPSA) is 79.8 Å². The standard InChI is InChI=1S/C18H29N3O3S/c22-17(14-3-1-2-4-15(14)21-23)20-18-19-16(10-25-18)11-5-6-12-8-24-9-13(12)7-11/h11-16,18-19H,1-10H2,(H,20,22). The van der Waals surface area contributed by atoms with Crippen LogP contribution in [0.1, 0.15) is 44.9 Å². The van der Waals surface area contributed by atoms with Crippen molar-refractivity contribution in [2.75, 3.05) is 19.0 Å². The van der Waals surface area contributed by atoms with Gasteiger partial charge in [0.15, 0.2) is 0 Å². The summed E-state index contributed by atoms with van der Waals surface area (Å²) in [5.41, 5.74) is -0.0238. The van der Waals surface area contributed by atoms with E-state index in [0.717, 1.165) is 56.5 Å². The molecule has 2 saturated heterocycles. The Hall–Kier alpha value is -0.660. The van der Waals surface area contributed by atoms with Crippen molar-refractivity contribution in [2.45, 2.75) is 62.5 Å². The summed E-state index contributed by atoms with van der Waals surface area (Å²) < 4.78 is 5.65. The molecular weight excluding hydrogens is 338 g/mol. The van der Waals surface area contributed by atoms with Crippen molar-refractivity contribution in [1.29, 1.82) is 0 Å². The van der Waals surface area contributed by atoms with Crippen LogP contribution in [0.3, 0.4) is 0 Å². The van der Waals surface area contributed by atoms with Crippen molar-refractivity contribution in [3.05, 3.63) is 4.91 Å². The first-order chi connectivity index (χ1) is 12.2. The predicted octanol–water partition coefficient (Wildman–Crippen LogP) is 2.48. The Morgan fingerprint density at radius 1 is 1.08 bits per heavy atom. The van der Waals surface area contributed by atoms with Crippen LogP contribution in [0.15, 0.2) is 5.18 Å². The van der Waals surface area contributed by atoms with Crippen LogP contribution in [0.25, 0.3) is 0 Å². The van der Waals surface area contributed by atoms with Crippen LogP contribution in [0, 0.1) is 28.6 Å². The molecule has 6 nitrogen and oxygen atoms in total. The van der Waals surface area contributed by atoms with Crippen molar-refractivity contribution in [2.24, 2.45) is 28.8 Å². The van der Waals surface area contributed by atoms with E-state index in [1.807, 2.05) is 0 Å². The van der Waals surface area contributed by atoms with Gasteiger partial charge in [-0.25, -0.2) is 0 Å². The monoisotopic (exact) mass is 367 g/mol. The number of hydrogen-bond acceptors (Lipinski definition) is 6. The zero-order valence-corrected chi connectivity index (χ0v) is 15.5. The van der Waals surface area contributed by atoms with E-state index < -0.39 is 0 Å². The van der Waals surface area contributed by atoms with E-state index in [0.29, 0.717) is 12.0 Å². The molecule has 4 rings (SSSR count). The van der Waals surface area contributed by atoms with Gasteiger partial charge in [0.25, 0.3) is 0 Å². The normalized spacial score (nSPS) is 44.2. The Morgan fingerprint density at radius 3 is 2.76 bits per heavy atom. The molecule has 0 radical (unpaired) electrons. The molecule has 2 saturated carbocycles. The third-order valence-electron chi connectivity index (χ3n) is 6.70. The number of thioether (sulfide) groups is 1. The van der Waals surface area contributed by atoms with Gasteiger partial charge in [-0.15, -0.1) is 11.8 Å². The second-order valence-corrected chi connectivity index (χ2v) is 9.33. The number of carbonyl (C=O) groups is 1. The van der Waals surface area contributed by atoms with Gasteiger partial charge in [0.1, 0.15) is 11.5 Å². The average molecular weight is 368 g/mol. The molecule has 0 aromatic heterocycles. The highest BCUT2D eigenvalue weighted by molar-refractivity contribution is 8.00. The fraction of sp³-hybridized carbons (Fsp3) is 0.944. The summed E-state index contributed by atoms with van der Waals surface area (Å²) in [5, 5.41) is 9.94. The van der Waals surface area contributed by atoms with Gasteiger partial charge in [-0.2, -0.15) is 4.91 Å². The fourth-order valence-corrected chi connectivity index (χ4v) is 6.39. The fourth-order valence-electron chi connectivity index (χ4n) is 5.15. The smallest absolute Gasteiger partial charge is 0.227 e. The molecule has 7 atom stereocenters. The van der Waals surface area contributed by atoms with Crippen LogP contribution < -0.4 is 10.6 Å². The highest BCUT2D eigenvalue weighted by Crippen LogP contribution is 2.41. The van der Waals surface area contributed by atoms with Crippen LogP contribution in [-0.2, 0) is 9.53 Å². The number of carbonyl (C=O) groups excluding carboxylic acids is 1. The minimum atomic E-state index is -0.339. The summed E-state index contributed by atoms with van der Waals surface area (Å²) in [5.74, 6) is 3.02. The third kappa shape index (κ3) is 3.88. The van der Waals surface area contributed by atoms with E-state index in [-0.39, 0.29) is 23.4 Å². The lowest BCUT2D eigenvalue weighted by molar-refractivity contribution is -0.126. The molecule has 25 heavy (non-hydrogen) atoms. The first-order valence-electron chi connectivity index (χ1n) is 9.83. The molecule has 0 aromatic rings. The van der Waals surface area contributed by atoms with Gasteiger partial charge in [0.05, 0.1) is 5.92 Å². The summed E-state index contributed by atoms with van der Waals surface area (Å²) in [6.07, 6.45) is 7.37. The number of fused-ring (bicyclic) bond motifs is 1. The average Bonchev–Trinajstić information content (AvgIpc) is 3.30. The van der Waals surface area contributed by atoms with Crippen LogP contribution in [0.4, 0.5) is 0 Å². The largest absolute Gasteiger partial charge is 0.381 e. The van der Waals surface area contributed by atoms with Gasteiger partial charge in [-0.1, -0.05) is 18.0 Å². The molecule has 4 fully saturated rings. The Bertz CT molecular complexity index is 506. The molecule has 0 bridgehead atoms. The quantitative estimate of drug-likeness (QED) is 0.746. The summed E-state index contributed by atoms with van der Waals surface area (Å²) in [7, 11) is 0.